The maximum Gasteiger partial charge on any atom is 0.0634 e. The number of isothiocyanates is 2. The van der Waals surface area contributed by atoms with E-state index in [1.54, 1.807) is 12.4 Å². The molecule has 0 aliphatic heterocycles. The molecule has 0 aliphatic carbocycles. The van der Waals surface area contributed by atoms with E-state index < -0.39 is 0 Å². The van der Waals surface area contributed by atoms with Gasteiger partial charge in [0, 0.05) is 12.4 Å². The van der Waals surface area contributed by atoms with Crippen LogP contribution in [0.1, 0.15) is 57.8 Å². The zero-order valence-electron chi connectivity index (χ0n) is 11.4. The van der Waals surface area contributed by atoms with Crippen molar-refractivity contribution in [3.63, 3.8) is 0 Å². The quantitative estimate of drug-likeness (QED) is 0.261. The highest BCUT2D eigenvalue weighted by Crippen LogP contribution is 2.10. The van der Waals surface area contributed by atoms with Gasteiger partial charge in [-0.3, -0.25) is 0 Å². The predicted octanol–water partition coefficient (Wildman–Crippen LogP) is 5.73. The van der Waals surface area contributed by atoms with Crippen LogP contribution >= 0.6 is 24.4 Å². The van der Waals surface area contributed by atoms with Gasteiger partial charge in [0.1, 0.15) is 0 Å². The summed E-state index contributed by atoms with van der Waals surface area (Å²) < 4.78 is 0. The molecule has 0 unspecified atom stereocenters. The molecule has 0 spiro atoms. The molecule has 0 N–H and O–H groups in total. The van der Waals surface area contributed by atoms with Crippen molar-refractivity contribution in [3.05, 3.63) is 24.6 Å². The Balaban J connectivity index is 3.14. The fourth-order valence-corrected chi connectivity index (χ4v) is 1.85. The molecule has 0 atom stereocenters. The SMILES string of the molecule is S=C=N/C=C\CCCCCCCCC/C=C\N=C=S. The normalized spacial score (nSPS) is 10.5. The van der Waals surface area contributed by atoms with Crippen LogP contribution in [0.5, 0.6) is 0 Å². The van der Waals surface area contributed by atoms with Crippen LogP contribution in [0.25, 0.3) is 0 Å². The van der Waals surface area contributed by atoms with Gasteiger partial charge >= 0.3 is 0 Å². The number of hydrogen-bond donors (Lipinski definition) is 0. The summed E-state index contributed by atoms with van der Waals surface area (Å²) in [6, 6.07) is 0. The van der Waals surface area contributed by atoms with E-state index in [1.165, 1.54) is 44.9 Å². The monoisotopic (exact) mass is 294 g/mol. The van der Waals surface area contributed by atoms with Crippen molar-refractivity contribution < 1.29 is 0 Å². The number of unbranched alkanes of at least 4 members (excludes halogenated alkanes) is 8. The minimum Gasteiger partial charge on any atom is -0.203 e. The summed E-state index contributed by atoms with van der Waals surface area (Å²) in [5.74, 6) is 0. The number of aliphatic imine (C=N–C) groups is 2. The summed E-state index contributed by atoms with van der Waals surface area (Å²) >= 11 is 8.93. The van der Waals surface area contributed by atoms with Crippen molar-refractivity contribution in [2.75, 3.05) is 0 Å². The van der Waals surface area contributed by atoms with Crippen molar-refractivity contribution in [1.82, 2.24) is 0 Å². The summed E-state index contributed by atoms with van der Waals surface area (Å²) in [6.07, 6.45) is 18.8. The molecule has 0 aromatic rings. The second-order valence-electron chi connectivity index (χ2n) is 4.26. The highest BCUT2D eigenvalue weighted by Gasteiger charge is 1.90. The van der Waals surface area contributed by atoms with Gasteiger partial charge in [-0.05, 0) is 50.1 Å². The summed E-state index contributed by atoms with van der Waals surface area (Å²) in [7, 11) is 0. The smallest absolute Gasteiger partial charge is 0.0634 e. The van der Waals surface area contributed by atoms with E-state index in [1.807, 2.05) is 12.2 Å². The van der Waals surface area contributed by atoms with Gasteiger partial charge in [-0.2, -0.15) is 0 Å². The lowest BCUT2D eigenvalue weighted by molar-refractivity contribution is 0.583. The number of hydrogen-bond acceptors (Lipinski definition) is 4. The Hall–Kier alpha value is -0.920. The first kappa shape index (κ1) is 18.1. The van der Waals surface area contributed by atoms with E-state index >= 15 is 0 Å². The van der Waals surface area contributed by atoms with Crippen LogP contribution in [0.15, 0.2) is 34.5 Å². The second-order valence-corrected chi connectivity index (χ2v) is 4.63. The van der Waals surface area contributed by atoms with Gasteiger partial charge in [0.2, 0.25) is 0 Å². The molecule has 104 valence electrons. The van der Waals surface area contributed by atoms with Crippen molar-refractivity contribution in [2.45, 2.75) is 57.8 Å². The van der Waals surface area contributed by atoms with Crippen LogP contribution in [-0.2, 0) is 0 Å². The molecule has 19 heavy (non-hydrogen) atoms. The van der Waals surface area contributed by atoms with Crippen molar-refractivity contribution in [2.24, 2.45) is 9.98 Å². The molecule has 0 heterocycles. The largest absolute Gasteiger partial charge is 0.203 e. The number of allylic oxidation sites excluding steroid dienone is 2. The van der Waals surface area contributed by atoms with E-state index in [2.05, 4.69) is 44.7 Å². The minimum absolute atomic E-state index is 1.09. The molecule has 0 bridgehead atoms. The van der Waals surface area contributed by atoms with Crippen molar-refractivity contribution in [3.8, 4) is 0 Å². The first-order chi connectivity index (χ1) is 9.41. The lowest BCUT2D eigenvalue weighted by atomic mass is 10.1. The van der Waals surface area contributed by atoms with Crippen LogP contribution in [0.2, 0.25) is 0 Å². The third kappa shape index (κ3) is 17.1. The molecule has 0 radical (unpaired) electrons. The molecule has 0 aromatic heterocycles. The lowest BCUT2D eigenvalue weighted by Crippen LogP contribution is -1.80. The Labute approximate surface area is 127 Å². The number of rotatable bonds is 12. The van der Waals surface area contributed by atoms with E-state index in [0.717, 1.165) is 12.8 Å². The highest BCUT2D eigenvalue weighted by molar-refractivity contribution is 7.78. The Morgan fingerprint density at radius 1 is 0.632 bits per heavy atom. The number of thiocarbonyl (C=S) groups is 2. The van der Waals surface area contributed by atoms with Crippen molar-refractivity contribution in [1.29, 1.82) is 0 Å². The van der Waals surface area contributed by atoms with E-state index in [0.29, 0.717) is 0 Å². The standard InChI is InChI=1S/C15H22N2S2/c18-14-16-12-10-8-6-4-2-1-3-5-7-9-11-13-17-15-19/h10-13H,1-9H2/b12-10-,13-11-. The van der Waals surface area contributed by atoms with E-state index in [9.17, 15) is 0 Å². The van der Waals surface area contributed by atoms with Crippen molar-refractivity contribution >= 4 is 34.8 Å². The van der Waals surface area contributed by atoms with Crippen LogP contribution in [0.3, 0.4) is 0 Å². The maximum atomic E-state index is 4.47. The third-order valence-corrected chi connectivity index (χ3v) is 2.92. The first-order valence-corrected chi connectivity index (χ1v) is 7.67. The highest BCUT2D eigenvalue weighted by atomic mass is 32.1. The van der Waals surface area contributed by atoms with Crippen LogP contribution in [-0.4, -0.2) is 10.3 Å². The van der Waals surface area contributed by atoms with Gasteiger partial charge in [0.05, 0.1) is 10.3 Å². The van der Waals surface area contributed by atoms with Crippen LogP contribution < -0.4 is 0 Å². The molecule has 0 aromatic carbocycles. The molecule has 0 amide bonds. The van der Waals surface area contributed by atoms with E-state index in [4.69, 9.17) is 0 Å². The van der Waals surface area contributed by atoms with Gasteiger partial charge in [-0.25, -0.2) is 9.98 Å². The average molecular weight is 294 g/mol. The molecule has 2 nitrogen and oxygen atoms in total. The van der Waals surface area contributed by atoms with Crippen LogP contribution in [0, 0.1) is 0 Å². The van der Waals surface area contributed by atoms with Gasteiger partial charge in [0.15, 0.2) is 0 Å². The van der Waals surface area contributed by atoms with E-state index in [-0.39, 0.29) is 0 Å². The topological polar surface area (TPSA) is 24.7 Å². The summed E-state index contributed by atoms with van der Waals surface area (Å²) in [5.41, 5.74) is 0. The van der Waals surface area contributed by atoms with Crippen LogP contribution in [0.4, 0.5) is 0 Å². The Morgan fingerprint density at radius 3 is 1.37 bits per heavy atom. The molecule has 0 saturated heterocycles. The molecular weight excluding hydrogens is 272 g/mol. The molecule has 0 fully saturated rings. The number of nitrogens with zero attached hydrogens (tertiary/aromatic N) is 2. The second kappa shape index (κ2) is 17.1. The maximum absolute atomic E-state index is 4.47. The average Bonchev–Trinajstić information content (AvgIpc) is 2.43. The summed E-state index contributed by atoms with van der Waals surface area (Å²) in [4.78, 5) is 7.46. The third-order valence-electron chi connectivity index (χ3n) is 2.71. The Morgan fingerprint density at radius 2 is 1.00 bits per heavy atom. The lowest BCUT2D eigenvalue weighted by Gasteiger charge is -1.99. The Kier molecular flexibility index (Phi) is 16.3. The zero-order valence-corrected chi connectivity index (χ0v) is 13.0. The fraction of sp³-hybridized carbons (Fsp3) is 0.600. The van der Waals surface area contributed by atoms with Gasteiger partial charge < -0.3 is 0 Å². The molecule has 0 saturated carbocycles. The molecular formula is C15H22N2S2. The fourth-order valence-electron chi connectivity index (χ4n) is 1.72. The predicted molar refractivity (Wildman–Crippen MR) is 89.9 cm³/mol. The Bertz CT molecular complexity index is 315. The zero-order chi connectivity index (χ0) is 14.0. The van der Waals surface area contributed by atoms with Gasteiger partial charge in [-0.1, -0.05) is 44.3 Å². The minimum atomic E-state index is 1.09. The van der Waals surface area contributed by atoms with Gasteiger partial charge in [-0.15, -0.1) is 0 Å². The molecule has 4 heteroatoms. The molecule has 0 rings (SSSR count). The first-order valence-electron chi connectivity index (χ1n) is 6.86. The summed E-state index contributed by atoms with van der Waals surface area (Å²) in [5, 5.41) is 4.63. The molecule has 0 aliphatic rings. The van der Waals surface area contributed by atoms with Gasteiger partial charge in [0.25, 0.3) is 0 Å². The summed E-state index contributed by atoms with van der Waals surface area (Å²) in [6.45, 7) is 0.